The zero-order chi connectivity index (χ0) is 18.7. The number of thioether (sulfide) groups is 1. The van der Waals surface area contributed by atoms with Gasteiger partial charge < -0.3 is 4.74 Å². The highest BCUT2D eigenvalue weighted by Gasteiger charge is 2.34. The van der Waals surface area contributed by atoms with Gasteiger partial charge in [0.05, 0.1) is 22.6 Å². The van der Waals surface area contributed by atoms with Crippen LogP contribution >= 0.6 is 35.6 Å². The molecule has 132 valence electrons. The molecule has 1 fully saturated rings. The summed E-state index contributed by atoms with van der Waals surface area (Å²) in [5.74, 6) is -0.223. The first-order chi connectivity index (χ1) is 12.5. The van der Waals surface area contributed by atoms with Crippen molar-refractivity contribution in [3.63, 3.8) is 0 Å². The molecule has 1 N–H and O–H groups in total. The molecule has 1 aliphatic heterocycles. The first-order valence-electron chi connectivity index (χ1n) is 7.47. The third-order valence-corrected chi connectivity index (χ3v) is 5.15. The van der Waals surface area contributed by atoms with Gasteiger partial charge >= 0.3 is 0 Å². The lowest BCUT2D eigenvalue weighted by Crippen LogP contribution is -2.44. The van der Waals surface area contributed by atoms with Gasteiger partial charge in [0.25, 0.3) is 11.8 Å². The summed E-state index contributed by atoms with van der Waals surface area (Å²) in [6.07, 6.45) is 1.70. The number of hydrogen-bond acceptors (Lipinski definition) is 5. The Bertz CT molecular complexity index is 930. The Morgan fingerprint density at radius 1 is 1.27 bits per heavy atom. The van der Waals surface area contributed by atoms with Gasteiger partial charge in [0.1, 0.15) is 5.75 Å². The number of rotatable bonds is 4. The van der Waals surface area contributed by atoms with Crippen LogP contribution < -0.4 is 10.2 Å². The van der Waals surface area contributed by atoms with E-state index in [1.54, 1.807) is 43.5 Å². The zero-order valence-electron chi connectivity index (χ0n) is 13.6. The molecular formula is C18H13ClN2O3S2. The first-order valence-corrected chi connectivity index (χ1v) is 9.07. The fraction of sp³-hybridized carbons (Fsp3) is 0.0556. The number of nitrogens with one attached hydrogen (secondary N) is 1. The van der Waals surface area contributed by atoms with Crippen LogP contribution in [-0.4, -0.2) is 28.3 Å². The van der Waals surface area contributed by atoms with Gasteiger partial charge in [-0.15, -0.1) is 0 Å². The molecular weight excluding hydrogens is 392 g/mol. The second-order valence-electron chi connectivity index (χ2n) is 5.21. The van der Waals surface area contributed by atoms with Gasteiger partial charge in [-0.05, 0) is 48.1 Å². The van der Waals surface area contributed by atoms with Gasteiger partial charge in [0.2, 0.25) is 0 Å². The molecule has 1 aliphatic rings. The summed E-state index contributed by atoms with van der Waals surface area (Å²) in [6, 6.07) is 13.9. The molecule has 0 saturated carbocycles. The van der Waals surface area contributed by atoms with Crippen molar-refractivity contribution in [2.45, 2.75) is 0 Å². The molecule has 3 rings (SSSR count). The Morgan fingerprint density at radius 2 is 2.04 bits per heavy atom. The second kappa shape index (κ2) is 7.90. The minimum atomic E-state index is -0.505. The molecule has 0 atom stereocenters. The lowest BCUT2D eigenvalue weighted by Gasteiger charge is -2.16. The monoisotopic (exact) mass is 404 g/mol. The van der Waals surface area contributed by atoms with Crippen molar-refractivity contribution in [1.82, 2.24) is 10.4 Å². The van der Waals surface area contributed by atoms with Crippen LogP contribution in [0, 0.1) is 0 Å². The number of hydrazine groups is 1. The van der Waals surface area contributed by atoms with Gasteiger partial charge in [0.15, 0.2) is 4.32 Å². The van der Waals surface area contributed by atoms with Crippen LogP contribution in [0.5, 0.6) is 5.75 Å². The van der Waals surface area contributed by atoms with Crippen LogP contribution in [0.2, 0.25) is 5.02 Å². The quantitative estimate of drug-likeness (QED) is 0.618. The normalized spacial score (nSPS) is 15.5. The molecule has 0 bridgehead atoms. The molecule has 2 amide bonds. The fourth-order valence-electron chi connectivity index (χ4n) is 2.25. The number of carbonyl (C=O) groups is 2. The molecule has 8 heteroatoms. The van der Waals surface area contributed by atoms with Crippen LogP contribution in [0.3, 0.4) is 0 Å². The SMILES string of the molecule is COc1cccc(/C=C2/SC(=S)N(NC(=O)c3ccccc3Cl)C2=O)c1. The van der Waals surface area contributed by atoms with E-state index in [4.69, 9.17) is 28.6 Å². The topological polar surface area (TPSA) is 58.6 Å². The standard InChI is InChI=1S/C18H13ClN2O3S2/c1-24-12-6-4-5-11(9-12)10-15-17(23)21(18(25)26-15)20-16(22)13-7-2-3-8-14(13)19/h2-10H,1H3,(H,20,22)/b15-10+. The van der Waals surface area contributed by atoms with Crippen molar-refractivity contribution in [2.24, 2.45) is 0 Å². The predicted molar refractivity (Wildman–Crippen MR) is 107 cm³/mol. The van der Waals surface area contributed by atoms with E-state index in [0.717, 1.165) is 22.3 Å². The number of benzene rings is 2. The number of amides is 2. The average Bonchev–Trinajstić information content (AvgIpc) is 2.89. The summed E-state index contributed by atoms with van der Waals surface area (Å²) >= 11 is 12.3. The molecule has 1 heterocycles. The molecule has 2 aromatic rings. The summed E-state index contributed by atoms with van der Waals surface area (Å²) in [5, 5.41) is 1.35. The Kier molecular flexibility index (Phi) is 5.61. The van der Waals surface area contributed by atoms with Crippen LogP contribution in [0.4, 0.5) is 0 Å². The molecule has 26 heavy (non-hydrogen) atoms. The van der Waals surface area contributed by atoms with Gasteiger partial charge in [-0.3, -0.25) is 15.0 Å². The number of nitrogens with zero attached hydrogens (tertiary/aromatic N) is 1. The van der Waals surface area contributed by atoms with Crippen molar-refractivity contribution in [3.8, 4) is 5.75 Å². The molecule has 0 spiro atoms. The van der Waals surface area contributed by atoms with E-state index in [1.165, 1.54) is 0 Å². The van der Waals surface area contributed by atoms with Crippen molar-refractivity contribution in [2.75, 3.05) is 7.11 Å². The van der Waals surface area contributed by atoms with Crippen LogP contribution in [0.25, 0.3) is 6.08 Å². The first kappa shape index (κ1) is 18.4. The molecule has 0 aliphatic carbocycles. The van der Waals surface area contributed by atoms with Gasteiger partial charge in [0, 0.05) is 0 Å². The highest BCUT2D eigenvalue weighted by molar-refractivity contribution is 8.26. The van der Waals surface area contributed by atoms with E-state index < -0.39 is 11.8 Å². The van der Waals surface area contributed by atoms with E-state index in [1.807, 2.05) is 18.2 Å². The number of ether oxygens (including phenoxy) is 1. The van der Waals surface area contributed by atoms with E-state index in [0.29, 0.717) is 15.7 Å². The summed E-state index contributed by atoms with van der Waals surface area (Å²) < 4.78 is 5.41. The summed E-state index contributed by atoms with van der Waals surface area (Å²) in [4.78, 5) is 25.4. The maximum atomic E-state index is 12.6. The highest BCUT2D eigenvalue weighted by atomic mass is 35.5. The van der Waals surface area contributed by atoms with Crippen molar-refractivity contribution >= 4 is 57.8 Å². The number of carbonyl (C=O) groups excluding carboxylic acids is 2. The summed E-state index contributed by atoms with van der Waals surface area (Å²) in [5.41, 5.74) is 3.56. The Hall–Kier alpha value is -2.35. The number of hydrogen-bond donors (Lipinski definition) is 1. The highest BCUT2D eigenvalue weighted by Crippen LogP contribution is 2.32. The van der Waals surface area contributed by atoms with Gasteiger partial charge in [-0.1, -0.05) is 47.6 Å². The fourth-order valence-corrected chi connectivity index (χ4v) is 3.65. The molecule has 5 nitrogen and oxygen atoms in total. The summed E-state index contributed by atoms with van der Waals surface area (Å²) in [7, 11) is 1.57. The summed E-state index contributed by atoms with van der Waals surface area (Å²) in [6.45, 7) is 0. The molecule has 2 aromatic carbocycles. The Morgan fingerprint density at radius 3 is 2.77 bits per heavy atom. The van der Waals surface area contributed by atoms with Crippen LogP contribution in [0.15, 0.2) is 53.4 Å². The van der Waals surface area contributed by atoms with E-state index in [2.05, 4.69) is 5.43 Å². The number of thiocarbonyl (C=S) groups is 1. The van der Waals surface area contributed by atoms with Crippen molar-refractivity contribution in [1.29, 1.82) is 0 Å². The number of halogens is 1. The lowest BCUT2D eigenvalue weighted by atomic mass is 10.2. The Labute approximate surface area is 164 Å². The largest absolute Gasteiger partial charge is 0.497 e. The van der Waals surface area contributed by atoms with E-state index in [-0.39, 0.29) is 9.88 Å². The average molecular weight is 405 g/mol. The smallest absolute Gasteiger partial charge is 0.285 e. The zero-order valence-corrected chi connectivity index (χ0v) is 16.0. The molecule has 0 radical (unpaired) electrons. The minimum absolute atomic E-state index is 0.240. The van der Waals surface area contributed by atoms with Crippen LogP contribution in [0.1, 0.15) is 15.9 Å². The van der Waals surface area contributed by atoms with E-state index in [9.17, 15) is 9.59 Å². The third kappa shape index (κ3) is 3.90. The molecule has 0 aromatic heterocycles. The van der Waals surface area contributed by atoms with E-state index >= 15 is 0 Å². The van der Waals surface area contributed by atoms with Crippen molar-refractivity contribution in [3.05, 3.63) is 69.6 Å². The lowest BCUT2D eigenvalue weighted by molar-refractivity contribution is -0.123. The third-order valence-electron chi connectivity index (χ3n) is 3.52. The Balaban J connectivity index is 1.79. The van der Waals surface area contributed by atoms with Gasteiger partial charge in [-0.2, -0.15) is 5.01 Å². The minimum Gasteiger partial charge on any atom is -0.497 e. The number of methoxy groups -OCH3 is 1. The van der Waals surface area contributed by atoms with Gasteiger partial charge in [-0.25, -0.2) is 0 Å². The predicted octanol–water partition coefficient (Wildman–Crippen LogP) is 3.89. The molecule has 0 unspecified atom stereocenters. The second-order valence-corrected chi connectivity index (χ2v) is 7.30. The maximum Gasteiger partial charge on any atom is 0.285 e. The van der Waals surface area contributed by atoms with Crippen LogP contribution in [-0.2, 0) is 4.79 Å². The maximum absolute atomic E-state index is 12.6. The molecule has 1 saturated heterocycles. The van der Waals surface area contributed by atoms with Crippen molar-refractivity contribution < 1.29 is 14.3 Å².